The van der Waals surface area contributed by atoms with Crippen LogP contribution in [-0.2, 0) is 17.6 Å². The van der Waals surface area contributed by atoms with Crippen LogP contribution >= 0.6 is 0 Å². The molecule has 0 aliphatic heterocycles. The molecule has 0 aromatic heterocycles. The Hall–Kier alpha value is -13.3. The molecule has 0 heterocycles. The number of aliphatic hydroxyl groups excluding tert-OH is 20. The van der Waals surface area contributed by atoms with Gasteiger partial charge in [-0.15, -0.1) is 0 Å². The Bertz CT molecular complexity index is 4420. The van der Waals surface area contributed by atoms with Gasteiger partial charge in [-0.25, -0.2) is 84.7 Å². The van der Waals surface area contributed by atoms with Gasteiger partial charge in [0.1, 0.15) is 80.1 Å². The maximum absolute atomic E-state index is 12.0. The number of carboxylic acids is 1. The number of guanidine groups is 2. The zero-order valence-corrected chi connectivity index (χ0v) is 74.6. The summed E-state index contributed by atoms with van der Waals surface area (Å²) in [7, 11) is 0. The third kappa shape index (κ3) is 47.0. The van der Waals surface area contributed by atoms with Gasteiger partial charge >= 0.3 is 5.97 Å². The highest BCUT2D eigenvalue weighted by atomic mass is 16.4. The van der Waals surface area contributed by atoms with Gasteiger partial charge in [0.2, 0.25) is 88.5 Å². The summed E-state index contributed by atoms with van der Waals surface area (Å²) < 4.78 is 0. The van der Waals surface area contributed by atoms with E-state index in [9.17, 15) is 112 Å². The average Bonchev–Trinajstić information content (AvgIpc) is 0.865. The van der Waals surface area contributed by atoms with Crippen LogP contribution in [0.1, 0.15) is 156 Å². The number of nitrogens with one attached hydrogen (secondary N) is 6. The van der Waals surface area contributed by atoms with Crippen molar-refractivity contribution in [3.8, 4) is 0 Å². The van der Waals surface area contributed by atoms with E-state index in [-0.39, 0.29) is 115 Å². The lowest BCUT2D eigenvalue weighted by Gasteiger charge is -2.21. The number of nitrogens with zero attached hydrogens (tertiary/aromatic N) is 16. The first-order chi connectivity index (χ1) is 61.8. The van der Waals surface area contributed by atoms with Gasteiger partial charge in [0.25, 0.3) is 0 Å². The number of nitrogens with two attached hydrogens (primary N) is 5. The van der Waals surface area contributed by atoms with Crippen LogP contribution in [0.5, 0.6) is 0 Å². The lowest BCUT2D eigenvalue weighted by atomic mass is 10.0. The number of carboxylic acid groups (broad SMARTS) is 1. The highest BCUT2D eigenvalue weighted by molar-refractivity contribution is 5.97. The first kappa shape index (κ1) is 114. The summed E-state index contributed by atoms with van der Waals surface area (Å²) in [6, 6.07) is -3.67. The number of benzene rings is 2. The number of unbranched alkanes of at least 4 members (excludes halogenated alkanes) is 2. The second-order valence-electron chi connectivity index (χ2n) is 31.2. The van der Waals surface area contributed by atoms with Crippen LogP contribution in [0.2, 0.25) is 0 Å². The smallest absolute Gasteiger partial charge is 0.328 e. The molecule has 0 saturated heterocycles. The van der Waals surface area contributed by atoms with E-state index < -0.39 is 260 Å². The standard InChI is InChI=1S/C82H135N27O22/c1-43(2)34-56(74(124)106-57(35-44(3)4)75(125)107-59(38-62(87)113)76(126)104-55(80(130)131)28-29-61(86)112)105-72(122)51(24-14-16-30-83)102-71(121)54(27-19-33-93-82(90)91)101-68(118)46(6)98-78(128)60(42-110)108-73(123)52(25-15-17-31-84)103-70(120)53(26-18-32-92-81(88)89)100-67(117)45(5)97-64(115)41-96-79(129)66(47(7)111)109-77(127)58(37-49-22-12-9-13-23-49)99-65(116)40-94-63(114)39-95-69(119)50(85)36-48-20-10-8-11-21-48/h8-13,20-23,43-47,50-60,66,110-111H,14-19,24-42,83-85H2,1-7H3,(H2,86,112)(H2,87,113)(H,94,114)(H,95,119)(H,96,129)(H,97,115)(H,98,128)(H,99,116)(H,100,117)(H,101,118)(H,102,121)(H,103,120)(H,104,126)(H,105,122)(H,106,124)(H,107,125)(H,108,123)(H,109,127)(H,130,131)(H4,88,89,92)(H4,90,91,93)/t45-,46-,47+,50-,51-,52-,53-,54-,55-,56-,57-,58-,59-,60-,66-/m0/s1. The topological polar surface area (TPSA) is 889 Å². The SMILES string of the molecule is CC(C)C[C@H](N=C(O)[C@H](CC(C)C)N=C(O)[C@H](CCCCN)N=C(O)[C@H](CCCNC(=N)N)N=C(O)[C@H](C)N=C(O)[C@H](CO)N=C(O)[C@H](CCCCN)N=C(O)[C@H](CCCNC(=N)N)N=C(O)[C@H](C)N=C(O)CN=C(O)[C@@H](N=C(O)[C@H](Cc1ccccc1)N=C(O)CN=C(O)CN=C(O)[C@@H](N)Cc1ccccc1)[C@@H](C)O)C(O)=N[C@@H](CC(=N)O)C(O)=N[C@@H](CCC(=N)O)C(=O)O. The molecule has 0 aliphatic carbocycles. The Morgan fingerprint density at radius 2 is 0.725 bits per heavy atom. The number of hydrogen-bond acceptors (Lipinski definition) is 26. The monoisotopic (exact) mass is 1850 g/mol. The molecular formula is C82H135N27O22. The van der Waals surface area contributed by atoms with Crippen molar-refractivity contribution in [1.82, 2.24) is 10.6 Å². The molecule has 0 amide bonds. The van der Waals surface area contributed by atoms with Crippen molar-refractivity contribution >= 4 is 124 Å². The van der Waals surface area contributed by atoms with Crippen molar-refractivity contribution in [3.63, 3.8) is 0 Å². The van der Waals surface area contributed by atoms with Gasteiger partial charge in [-0.1, -0.05) is 88.4 Å². The molecule has 2 aromatic rings. The summed E-state index contributed by atoms with van der Waals surface area (Å²) >= 11 is 0. The van der Waals surface area contributed by atoms with Gasteiger partial charge < -0.3 is 147 Å². The van der Waals surface area contributed by atoms with Gasteiger partial charge in [-0.05, 0) is 147 Å². The molecule has 131 heavy (non-hydrogen) atoms. The number of rotatable bonds is 64. The fraction of sp³-hybridized carbons (Fsp3) is 0.598. The molecule has 15 atom stereocenters. The number of carbonyl (C=O) groups is 1. The second-order valence-corrected chi connectivity index (χ2v) is 31.2. The summed E-state index contributed by atoms with van der Waals surface area (Å²) in [6.07, 6.45) is -2.40. The fourth-order valence-corrected chi connectivity index (χ4v) is 11.9. The lowest BCUT2D eigenvalue weighted by Crippen LogP contribution is -2.34. The van der Waals surface area contributed by atoms with E-state index in [0.29, 0.717) is 18.4 Å². The van der Waals surface area contributed by atoms with Gasteiger partial charge in [0.15, 0.2) is 47.7 Å². The van der Waals surface area contributed by atoms with Gasteiger partial charge in [0, 0.05) is 25.9 Å². The Kier molecular flexibility index (Phi) is 53.2. The lowest BCUT2D eigenvalue weighted by molar-refractivity contribution is -0.138. The molecule has 49 nitrogen and oxygen atoms in total. The Balaban J connectivity index is 2.73. The normalized spacial score (nSPS) is 17.6. The summed E-state index contributed by atoms with van der Waals surface area (Å²) in [4.78, 5) is 77.4. The zero-order valence-electron chi connectivity index (χ0n) is 74.6. The quantitative estimate of drug-likeness (QED) is 0.0220. The minimum atomic E-state index is -1.82. The van der Waals surface area contributed by atoms with E-state index in [1.54, 1.807) is 70.2 Å². The van der Waals surface area contributed by atoms with Crippen LogP contribution in [-0.4, -0.2) is 374 Å². The summed E-state index contributed by atoms with van der Waals surface area (Å²) in [5.74, 6) is -18.1. The van der Waals surface area contributed by atoms with Crippen molar-refractivity contribution in [2.24, 2.45) is 120 Å². The minimum absolute atomic E-state index is 0.0197. The second kappa shape index (κ2) is 61.3. The van der Waals surface area contributed by atoms with Crippen molar-refractivity contribution in [3.05, 3.63) is 71.8 Å². The largest absolute Gasteiger partial charge is 0.497 e. The molecule has 0 saturated carbocycles. The first-order valence-corrected chi connectivity index (χ1v) is 42.4. The molecule has 730 valence electrons. The molecule has 0 unspecified atom stereocenters. The van der Waals surface area contributed by atoms with E-state index in [0.717, 1.165) is 5.56 Å². The Morgan fingerprint density at radius 3 is 1.15 bits per heavy atom. The molecule has 2 aromatic carbocycles. The maximum atomic E-state index is 12.0. The molecule has 37 N–H and O–H groups in total. The van der Waals surface area contributed by atoms with E-state index in [2.05, 4.69) is 90.5 Å². The molecule has 49 heteroatoms. The Labute approximate surface area is 758 Å². The predicted octanol–water partition coefficient (Wildman–Crippen LogP) is 5.51. The first-order valence-electron chi connectivity index (χ1n) is 42.4. The number of aliphatic carboxylic acids is 1. The van der Waals surface area contributed by atoms with E-state index in [1.165, 1.54) is 20.8 Å². The summed E-state index contributed by atoms with van der Waals surface area (Å²) in [6.45, 7) is 7.94. The molecule has 0 bridgehead atoms. The minimum Gasteiger partial charge on any atom is -0.497 e. The van der Waals surface area contributed by atoms with Gasteiger partial charge in [-0.2, -0.15) is 0 Å². The third-order valence-electron chi connectivity index (χ3n) is 18.8. The van der Waals surface area contributed by atoms with Gasteiger partial charge in [0.05, 0.1) is 25.2 Å². The molecule has 0 aliphatic rings. The maximum Gasteiger partial charge on any atom is 0.328 e. The van der Waals surface area contributed by atoms with Crippen LogP contribution < -0.4 is 39.3 Å². The van der Waals surface area contributed by atoms with Crippen LogP contribution in [0.25, 0.3) is 0 Å². The van der Waals surface area contributed by atoms with E-state index in [1.807, 2.05) is 18.2 Å². The molecule has 2 rings (SSSR count). The molecule has 0 radical (unpaired) electrons. The predicted molar refractivity (Wildman–Crippen MR) is 508 cm³/mol. The van der Waals surface area contributed by atoms with Crippen LogP contribution in [0.3, 0.4) is 0 Å². The van der Waals surface area contributed by atoms with Crippen LogP contribution in [0.4, 0.5) is 0 Å². The summed E-state index contributed by atoms with van der Waals surface area (Å²) in [5.41, 5.74) is 30.1. The summed E-state index contributed by atoms with van der Waals surface area (Å²) in [5, 5.41) is 267. The van der Waals surface area contributed by atoms with Crippen LogP contribution in [0.15, 0.2) is 141 Å². The van der Waals surface area contributed by atoms with Crippen molar-refractivity contribution in [2.45, 2.75) is 248 Å². The van der Waals surface area contributed by atoms with E-state index >= 15 is 0 Å². The number of aliphatic imine (C=N–C) groups is 16. The molecule has 0 fully saturated rings. The van der Waals surface area contributed by atoms with Crippen molar-refractivity contribution < 1.29 is 112 Å². The molecule has 0 spiro atoms. The number of aliphatic hydroxyl groups is 20. The highest BCUT2D eigenvalue weighted by Gasteiger charge is 2.33. The van der Waals surface area contributed by atoms with Crippen molar-refractivity contribution in [2.75, 3.05) is 52.4 Å². The fourth-order valence-electron chi connectivity index (χ4n) is 11.9. The molecular weight excluding hydrogens is 1720 g/mol. The zero-order chi connectivity index (χ0) is 98.6. The third-order valence-corrected chi connectivity index (χ3v) is 18.8. The van der Waals surface area contributed by atoms with Crippen molar-refractivity contribution in [1.29, 1.82) is 21.6 Å². The Morgan fingerprint density at radius 1 is 0.366 bits per heavy atom. The van der Waals surface area contributed by atoms with E-state index in [4.69, 9.17) is 50.3 Å². The van der Waals surface area contributed by atoms with Crippen LogP contribution in [0, 0.1) is 33.5 Å². The number of hydrogen-bond donors (Lipinski definition) is 32. The average molecular weight is 1850 g/mol. The highest BCUT2D eigenvalue weighted by Crippen LogP contribution is 2.22. The van der Waals surface area contributed by atoms with Gasteiger partial charge in [-0.3, -0.25) is 21.6 Å².